The first-order valence-corrected chi connectivity index (χ1v) is 5.85. The maximum absolute atomic E-state index is 10.9. The highest BCUT2D eigenvalue weighted by atomic mass is 32.2. The number of hydrogen-bond acceptors (Lipinski definition) is 5. The van der Waals surface area contributed by atoms with Crippen LogP contribution in [0.5, 0.6) is 5.75 Å². The minimum absolute atomic E-state index is 0.103. The molecule has 0 amide bonds. The second-order valence-electron chi connectivity index (χ2n) is 2.59. The van der Waals surface area contributed by atoms with Crippen LogP contribution in [0.1, 0.15) is 0 Å². The van der Waals surface area contributed by atoms with E-state index < -0.39 is 10.1 Å². The van der Waals surface area contributed by atoms with E-state index in [0.29, 0.717) is 0 Å². The molecule has 0 spiro atoms. The molecule has 1 aromatic carbocycles. The number of benzene rings is 1. The molecule has 0 bridgehead atoms. The van der Waals surface area contributed by atoms with Crippen LogP contribution < -0.4 is 0 Å². The topological polar surface area (TPSA) is 87.5 Å². The van der Waals surface area contributed by atoms with Crippen molar-refractivity contribution < 1.29 is 18.1 Å². The fourth-order valence-electron chi connectivity index (χ4n) is 1.12. The number of aromatic nitrogens is 1. The Labute approximate surface area is 83.4 Å². The summed E-state index contributed by atoms with van der Waals surface area (Å²) in [6.07, 6.45) is 0. The van der Waals surface area contributed by atoms with Gasteiger partial charge in [-0.3, -0.25) is 4.55 Å². The van der Waals surface area contributed by atoms with Crippen LogP contribution in [-0.2, 0) is 10.1 Å². The van der Waals surface area contributed by atoms with Gasteiger partial charge in [-0.1, -0.05) is 0 Å². The van der Waals surface area contributed by atoms with Gasteiger partial charge >= 0.3 is 0 Å². The molecule has 14 heavy (non-hydrogen) atoms. The van der Waals surface area contributed by atoms with Crippen molar-refractivity contribution in [2.45, 2.75) is 4.90 Å². The largest absolute Gasteiger partial charge is 0.506 e. The summed E-state index contributed by atoms with van der Waals surface area (Å²) in [7, 11) is -4.26. The fourth-order valence-corrected chi connectivity index (χ4v) is 2.86. The van der Waals surface area contributed by atoms with Gasteiger partial charge in [-0.25, -0.2) is 4.98 Å². The molecule has 7 heteroatoms. The number of aromatic hydroxyl groups is 1. The summed E-state index contributed by atoms with van der Waals surface area (Å²) in [5.41, 5.74) is 1.59. The fraction of sp³-hybridized carbons (Fsp3) is 0. The van der Waals surface area contributed by atoms with Crippen molar-refractivity contribution in [1.82, 2.24) is 4.98 Å². The molecular weight excluding hydrogens is 226 g/mol. The average Bonchev–Trinajstić information content (AvgIpc) is 2.50. The first-order valence-electron chi connectivity index (χ1n) is 3.53. The summed E-state index contributed by atoms with van der Waals surface area (Å²) in [6, 6.07) is 2.33. The van der Waals surface area contributed by atoms with Gasteiger partial charge in [0.2, 0.25) is 0 Å². The molecule has 0 saturated heterocycles. The van der Waals surface area contributed by atoms with Gasteiger partial charge in [0.15, 0.2) is 0 Å². The summed E-state index contributed by atoms with van der Waals surface area (Å²) in [4.78, 5) is 3.56. The number of thiazole rings is 1. The Hall–Kier alpha value is -1.18. The molecule has 0 aliphatic heterocycles. The zero-order valence-corrected chi connectivity index (χ0v) is 8.34. The molecule has 0 aliphatic carbocycles. The minimum Gasteiger partial charge on any atom is -0.506 e. The Morgan fingerprint density at radius 2 is 2.07 bits per heavy atom. The van der Waals surface area contributed by atoms with Gasteiger partial charge in [-0.05, 0) is 12.1 Å². The lowest BCUT2D eigenvalue weighted by molar-refractivity contribution is 0.478. The molecule has 0 aliphatic rings. The van der Waals surface area contributed by atoms with Crippen LogP contribution in [0.4, 0.5) is 0 Å². The number of phenols is 1. The minimum atomic E-state index is -4.26. The van der Waals surface area contributed by atoms with Crippen LogP contribution in [0, 0.1) is 0 Å². The zero-order chi connectivity index (χ0) is 10.3. The molecule has 0 atom stereocenters. The van der Waals surface area contributed by atoms with Crippen molar-refractivity contribution in [3.63, 3.8) is 0 Å². The average molecular weight is 231 g/mol. The molecule has 2 aromatic rings. The van der Waals surface area contributed by atoms with Gasteiger partial charge in [0.05, 0.1) is 10.2 Å². The molecule has 2 rings (SSSR count). The third-order valence-corrected chi connectivity index (χ3v) is 3.59. The SMILES string of the molecule is O=S(=O)(O)c1ccc(O)c2ncsc12. The summed E-state index contributed by atoms with van der Waals surface area (Å²) >= 11 is 1.04. The predicted molar refractivity (Wildman–Crippen MR) is 51.1 cm³/mol. The number of hydrogen-bond donors (Lipinski definition) is 2. The van der Waals surface area contributed by atoms with Gasteiger partial charge in [-0.2, -0.15) is 8.42 Å². The van der Waals surface area contributed by atoms with Crippen LogP contribution in [-0.4, -0.2) is 23.1 Å². The van der Waals surface area contributed by atoms with E-state index in [-0.39, 0.29) is 20.9 Å². The van der Waals surface area contributed by atoms with Crippen molar-refractivity contribution in [3.05, 3.63) is 17.6 Å². The molecule has 0 radical (unpaired) electrons. The first-order chi connectivity index (χ1) is 6.50. The quantitative estimate of drug-likeness (QED) is 0.721. The number of fused-ring (bicyclic) bond motifs is 1. The number of rotatable bonds is 1. The molecule has 0 unspecified atom stereocenters. The highest BCUT2D eigenvalue weighted by molar-refractivity contribution is 7.86. The highest BCUT2D eigenvalue weighted by Gasteiger charge is 2.17. The zero-order valence-electron chi connectivity index (χ0n) is 6.71. The van der Waals surface area contributed by atoms with E-state index in [1.165, 1.54) is 11.6 Å². The van der Waals surface area contributed by atoms with E-state index in [2.05, 4.69) is 4.98 Å². The van der Waals surface area contributed by atoms with E-state index in [9.17, 15) is 13.5 Å². The molecule has 0 saturated carbocycles. The van der Waals surface area contributed by atoms with Crippen LogP contribution in [0.25, 0.3) is 10.2 Å². The highest BCUT2D eigenvalue weighted by Crippen LogP contribution is 2.31. The molecule has 1 heterocycles. The second kappa shape index (κ2) is 2.91. The van der Waals surface area contributed by atoms with Gasteiger partial charge in [-0.15, -0.1) is 11.3 Å². The predicted octanol–water partition coefficient (Wildman–Crippen LogP) is 1.25. The van der Waals surface area contributed by atoms with Crippen molar-refractivity contribution in [2.24, 2.45) is 0 Å². The molecule has 1 aromatic heterocycles. The van der Waals surface area contributed by atoms with Gasteiger partial charge in [0.25, 0.3) is 10.1 Å². The Kier molecular flexibility index (Phi) is 1.95. The maximum Gasteiger partial charge on any atom is 0.296 e. The van der Waals surface area contributed by atoms with Crippen LogP contribution in [0.15, 0.2) is 22.5 Å². The van der Waals surface area contributed by atoms with Gasteiger partial charge in [0, 0.05) is 0 Å². The smallest absolute Gasteiger partial charge is 0.296 e. The van der Waals surface area contributed by atoms with Crippen molar-refractivity contribution >= 4 is 31.7 Å². The third-order valence-electron chi connectivity index (χ3n) is 1.70. The van der Waals surface area contributed by atoms with Crippen LogP contribution in [0.3, 0.4) is 0 Å². The summed E-state index contributed by atoms with van der Waals surface area (Å²) in [6.45, 7) is 0. The normalized spacial score (nSPS) is 12.1. The van der Waals surface area contributed by atoms with E-state index in [1.54, 1.807) is 0 Å². The van der Waals surface area contributed by atoms with E-state index in [0.717, 1.165) is 17.4 Å². The summed E-state index contributed by atoms with van der Waals surface area (Å²) < 4.78 is 30.9. The molecule has 0 fully saturated rings. The van der Waals surface area contributed by atoms with Crippen molar-refractivity contribution in [1.29, 1.82) is 0 Å². The van der Waals surface area contributed by atoms with Crippen LogP contribution >= 0.6 is 11.3 Å². The molecular formula is C7H5NO4S2. The molecule has 5 nitrogen and oxygen atoms in total. The summed E-state index contributed by atoms with van der Waals surface area (Å²) in [5, 5.41) is 9.32. The lowest BCUT2D eigenvalue weighted by Gasteiger charge is -1.99. The number of phenolic OH excluding ortho intramolecular Hbond substituents is 1. The third kappa shape index (κ3) is 1.35. The van der Waals surface area contributed by atoms with Gasteiger partial charge in [0.1, 0.15) is 16.2 Å². The lowest BCUT2D eigenvalue weighted by Crippen LogP contribution is -1.97. The number of nitrogens with zero attached hydrogens (tertiary/aromatic N) is 1. The Bertz CT molecular complexity index is 587. The maximum atomic E-state index is 10.9. The van der Waals surface area contributed by atoms with Crippen LogP contribution in [0.2, 0.25) is 0 Å². The monoisotopic (exact) mass is 231 g/mol. The second-order valence-corrected chi connectivity index (χ2v) is 4.83. The van der Waals surface area contributed by atoms with Crippen molar-refractivity contribution in [3.8, 4) is 5.75 Å². The van der Waals surface area contributed by atoms with E-state index in [4.69, 9.17) is 4.55 Å². The standard InChI is InChI=1S/C7H5NO4S2/c9-4-1-2-5(14(10,11)12)7-6(4)8-3-13-7/h1-3,9H,(H,10,11,12). The Balaban J connectivity index is 2.93. The lowest BCUT2D eigenvalue weighted by atomic mass is 10.3. The first kappa shape index (κ1) is 9.38. The molecule has 2 N–H and O–H groups in total. The van der Waals surface area contributed by atoms with E-state index >= 15 is 0 Å². The van der Waals surface area contributed by atoms with Gasteiger partial charge < -0.3 is 5.11 Å². The Morgan fingerprint density at radius 3 is 2.71 bits per heavy atom. The molecule has 74 valence electrons. The van der Waals surface area contributed by atoms with E-state index in [1.807, 2.05) is 0 Å². The Morgan fingerprint density at radius 1 is 1.36 bits per heavy atom. The summed E-state index contributed by atoms with van der Waals surface area (Å²) in [5.74, 6) is -0.103. The van der Waals surface area contributed by atoms with Crippen molar-refractivity contribution in [2.75, 3.05) is 0 Å².